The lowest BCUT2D eigenvalue weighted by Crippen LogP contribution is -2.23. The van der Waals surface area contributed by atoms with Gasteiger partial charge in [-0.3, -0.25) is 4.90 Å². The molecule has 0 unspecified atom stereocenters. The molecular formula is C31H33N3O3. The Hall–Kier alpha value is -3.90. The Bertz CT molecular complexity index is 1380. The standard InChI is InChI=1S/C31H33N3O3/c1-2-37-31(36)24-14-17-26-27(20-24)33-30(35)28(26)29(23-10-6-5-7-11-23)32-25-15-12-22(13-16-25)21-34-18-8-3-4-9-19-34/h5-7,10-17,20,33,35H,2-4,8-9,18-19,21H2,1H3. The first-order valence-corrected chi connectivity index (χ1v) is 13.1. The number of aromatic nitrogens is 1. The quantitative estimate of drug-likeness (QED) is 0.224. The van der Waals surface area contributed by atoms with Crippen LogP contribution in [0.25, 0.3) is 10.9 Å². The van der Waals surface area contributed by atoms with Crippen LogP contribution in [-0.2, 0) is 11.3 Å². The van der Waals surface area contributed by atoms with Crippen molar-refractivity contribution in [3.8, 4) is 5.88 Å². The Labute approximate surface area is 217 Å². The number of aromatic amines is 1. The normalized spacial score (nSPS) is 15.0. The fraction of sp³-hybridized carbons (Fsp3) is 0.290. The Morgan fingerprint density at radius 1 is 0.946 bits per heavy atom. The first-order chi connectivity index (χ1) is 18.1. The van der Waals surface area contributed by atoms with Crippen molar-refractivity contribution in [3.05, 3.63) is 95.1 Å². The van der Waals surface area contributed by atoms with Gasteiger partial charge < -0.3 is 14.8 Å². The summed E-state index contributed by atoms with van der Waals surface area (Å²) in [5.74, 6) is -0.381. The highest BCUT2D eigenvalue weighted by Gasteiger charge is 2.20. The summed E-state index contributed by atoms with van der Waals surface area (Å²) in [6.07, 6.45) is 5.21. The molecule has 0 radical (unpaired) electrons. The van der Waals surface area contributed by atoms with Crippen molar-refractivity contribution < 1.29 is 14.6 Å². The fourth-order valence-corrected chi connectivity index (χ4v) is 4.98. The molecule has 1 saturated heterocycles. The summed E-state index contributed by atoms with van der Waals surface area (Å²) in [6.45, 7) is 5.37. The largest absolute Gasteiger partial charge is 0.494 e. The summed E-state index contributed by atoms with van der Waals surface area (Å²) in [6, 6.07) is 23.5. The van der Waals surface area contributed by atoms with E-state index in [4.69, 9.17) is 9.73 Å². The number of aliphatic imine (C=N–C) groups is 1. The molecule has 6 nitrogen and oxygen atoms in total. The monoisotopic (exact) mass is 495 g/mol. The molecule has 0 bridgehead atoms. The number of likely N-dealkylation sites (tertiary alicyclic amines) is 1. The lowest BCUT2D eigenvalue weighted by molar-refractivity contribution is 0.0526. The van der Waals surface area contributed by atoms with E-state index in [0.29, 0.717) is 29.0 Å². The molecule has 4 aromatic rings. The molecule has 37 heavy (non-hydrogen) atoms. The van der Waals surface area contributed by atoms with Gasteiger partial charge in [-0.05, 0) is 62.7 Å². The SMILES string of the molecule is CCOC(=O)c1ccc2c(C(=Nc3ccc(CN4CCCCCC4)cc3)c3ccccc3)c(O)[nH]c2c1. The van der Waals surface area contributed by atoms with E-state index in [1.54, 1.807) is 19.1 Å². The Kier molecular flexibility index (Phi) is 7.66. The predicted molar refractivity (Wildman–Crippen MR) is 148 cm³/mol. The molecule has 2 N–H and O–H groups in total. The zero-order valence-electron chi connectivity index (χ0n) is 21.2. The van der Waals surface area contributed by atoms with Gasteiger partial charge in [0.05, 0.1) is 29.1 Å². The van der Waals surface area contributed by atoms with Crippen molar-refractivity contribution in [2.45, 2.75) is 39.2 Å². The van der Waals surface area contributed by atoms with Gasteiger partial charge in [-0.25, -0.2) is 9.79 Å². The van der Waals surface area contributed by atoms with E-state index >= 15 is 0 Å². The van der Waals surface area contributed by atoms with Crippen LogP contribution in [0, 0.1) is 0 Å². The summed E-state index contributed by atoms with van der Waals surface area (Å²) in [4.78, 5) is 22.8. The molecule has 0 aliphatic carbocycles. The van der Waals surface area contributed by atoms with Crippen LogP contribution in [0.1, 0.15) is 59.7 Å². The second kappa shape index (κ2) is 11.4. The molecule has 1 aliphatic heterocycles. The predicted octanol–water partition coefficient (Wildman–Crippen LogP) is 6.60. The highest BCUT2D eigenvalue weighted by Crippen LogP contribution is 2.32. The van der Waals surface area contributed by atoms with Gasteiger partial charge in [0.1, 0.15) is 0 Å². The van der Waals surface area contributed by atoms with Gasteiger partial charge in [-0.1, -0.05) is 61.4 Å². The van der Waals surface area contributed by atoms with E-state index in [9.17, 15) is 9.90 Å². The van der Waals surface area contributed by atoms with Crippen molar-refractivity contribution in [1.29, 1.82) is 0 Å². The van der Waals surface area contributed by atoms with Crippen LogP contribution < -0.4 is 0 Å². The lowest BCUT2D eigenvalue weighted by atomic mass is 10.00. The summed E-state index contributed by atoms with van der Waals surface area (Å²) in [5.41, 5.74) is 5.33. The van der Waals surface area contributed by atoms with Crippen LogP contribution in [0.5, 0.6) is 5.88 Å². The van der Waals surface area contributed by atoms with Crippen molar-refractivity contribution in [1.82, 2.24) is 9.88 Å². The summed E-state index contributed by atoms with van der Waals surface area (Å²) in [5, 5.41) is 11.8. The van der Waals surface area contributed by atoms with E-state index in [1.165, 1.54) is 31.2 Å². The number of hydrogen-bond acceptors (Lipinski definition) is 5. The molecule has 1 aromatic heterocycles. The van der Waals surface area contributed by atoms with Crippen LogP contribution in [-0.4, -0.2) is 46.4 Å². The number of fused-ring (bicyclic) bond motifs is 1. The van der Waals surface area contributed by atoms with Gasteiger partial charge in [0.15, 0.2) is 5.88 Å². The van der Waals surface area contributed by atoms with Gasteiger partial charge in [0.25, 0.3) is 0 Å². The summed E-state index contributed by atoms with van der Waals surface area (Å²) < 4.78 is 5.13. The first kappa shape index (κ1) is 24.8. The van der Waals surface area contributed by atoms with Crippen LogP contribution in [0.2, 0.25) is 0 Å². The van der Waals surface area contributed by atoms with Crippen LogP contribution >= 0.6 is 0 Å². The third-order valence-corrected chi connectivity index (χ3v) is 6.86. The number of rotatable bonds is 7. The van der Waals surface area contributed by atoms with E-state index in [2.05, 4.69) is 22.0 Å². The van der Waals surface area contributed by atoms with Gasteiger partial charge >= 0.3 is 5.97 Å². The number of nitrogens with zero attached hydrogens (tertiary/aromatic N) is 2. The maximum atomic E-state index is 12.2. The van der Waals surface area contributed by atoms with Gasteiger partial charge in [0, 0.05) is 23.0 Å². The Balaban J connectivity index is 1.50. The van der Waals surface area contributed by atoms with Crippen molar-refractivity contribution >= 4 is 28.3 Å². The van der Waals surface area contributed by atoms with E-state index in [1.807, 2.05) is 48.5 Å². The number of carbonyl (C=O) groups is 1. The summed E-state index contributed by atoms with van der Waals surface area (Å²) in [7, 11) is 0. The third kappa shape index (κ3) is 5.75. The number of benzene rings is 3. The molecule has 6 heteroatoms. The molecule has 0 amide bonds. The second-order valence-electron chi connectivity index (χ2n) is 9.51. The Morgan fingerprint density at radius 3 is 2.38 bits per heavy atom. The number of aromatic hydroxyl groups is 1. The molecule has 5 rings (SSSR count). The number of hydrogen-bond donors (Lipinski definition) is 2. The van der Waals surface area contributed by atoms with Crippen molar-refractivity contribution in [2.75, 3.05) is 19.7 Å². The average Bonchev–Trinajstić information content (AvgIpc) is 3.05. The van der Waals surface area contributed by atoms with E-state index < -0.39 is 5.97 Å². The van der Waals surface area contributed by atoms with Crippen LogP contribution in [0.15, 0.2) is 77.8 Å². The van der Waals surface area contributed by atoms with Crippen molar-refractivity contribution in [2.24, 2.45) is 4.99 Å². The molecule has 0 atom stereocenters. The third-order valence-electron chi connectivity index (χ3n) is 6.86. The maximum Gasteiger partial charge on any atom is 0.338 e. The molecule has 1 aliphatic rings. The molecule has 2 heterocycles. The van der Waals surface area contributed by atoms with Crippen LogP contribution in [0.4, 0.5) is 5.69 Å². The first-order valence-electron chi connectivity index (χ1n) is 13.1. The molecular weight excluding hydrogens is 462 g/mol. The molecule has 190 valence electrons. The number of esters is 1. The smallest absolute Gasteiger partial charge is 0.338 e. The molecule has 1 fully saturated rings. The lowest BCUT2D eigenvalue weighted by Gasteiger charge is -2.19. The minimum Gasteiger partial charge on any atom is -0.494 e. The highest BCUT2D eigenvalue weighted by molar-refractivity contribution is 6.22. The topological polar surface area (TPSA) is 77.9 Å². The average molecular weight is 496 g/mol. The number of nitrogens with one attached hydrogen (secondary N) is 1. The molecule has 3 aromatic carbocycles. The Morgan fingerprint density at radius 2 is 1.68 bits per heavy atom. The maximum absolute atomic E-state index is 12.2. The zero-order chi connectivity index (χ0) is 25.6. The molecule has 0 spiro atoms. The van der Waals surface area contributed by atoms with Crippen LogP contribution in [0.3, 0.4) is 0 Å². The second-order valence-corrected chi connectivity index (χ2v) is 9.51. The molecule has 0 saturated carbocycles. The van der Waals surface area contributed by atoms with Gasteiger partial charge in [-0.2, -0.15) is 0 Å². The minimum atomic E-state index is -0.391. The number of ether oxygens (including phenoxy) is 1. The minimum absolute atomic E-state index is 0.0106. The van der Waals surface area contributed by atoms with Gasteiger partial charge in [0.2, 0.25) is 0 Å². The number of carbonyl (C=O) groups excluding carboxylic acids is 1. The number of H-pyrrole nitrogens is 1. The van der Waals surface area contributed by atoms with Crippen molar-refractivity contribution in [3.63, 3.8) is 0 Å². The zero-order valence-corrected chi connectivity index (χ0v) is 21.2. The summed E-state index contributed by atoms with van der Waals surface area (Å²) >= 11 is 0. The van der Waals surface area contributed by atoms with E-state index in [0.717, 1.165) is 36.3 Å². The fourth-order valence-electron chi connectivity index (χ4n) is 4.98. The van der Waals surface area contributed by atoms with Gasteiger partial charge in [-0.15, -0.1) is 0 Å². The highest BCUT2D eigenvalue weighted by atomic mass is 16.5. The van der Waals surface area contributed by atoms with E-state index in [-0.39, 0.29) is 5.88 Å².